The number of methoxy groups -OCH3 is 1. The Balaban J connectivity index is 2.60. The van der Waals surface area contributed by atoms with E-state index in [0.717, 1.165) is 11.1 Å². The molecule has 18 heavy (non-hydrogen) atoms. The Morgan fingerprint density at radius 3 is 2.39 bits per heavy atom. The van der Waals surface area contributed by atoms with E-state index in [1.807, 2.05) is 18.2 Å². The Kier molecular flexibility index (Phi) is 3.53. The van der Waals surface area contributed by atoms with Gasteiger partial charge in [0.25, 0.3) is 0 Å². The van der Waals surface area contributed by atoms with E-state index < -0.39 is 5.97 Å². The summed E-state index contributed by atoms with van der Waals surface area (Å²) in [5.41, 5.74) is 1.73. The van der Waals surface area contributed by atoms with Crippen LogP contribution in [0.4, 0.5) is 0 Å². The predicted octanol–water partition coefficient (Wildman–Crippen LogP) is 3.71. The van der Waals surface area contributed by atoms with E-state index in [1.54, 1.807) is 18.2 Å². The highest BCUT2D eigenvalue weighted by Gasteiger charge is 2.15. The molecule has 1 N–H and O–H groups in total. The molecule has 0 aliphatic heterocycles. The summed E-state index contributed by atoms with van der Waals surface area (Å²) < 4.78 is 5.21. The first kappa shape index (κ1) is 12.5. The number of hydrogen-bond donors (Lipinski definition) is 1. The Morgan fingerprint density at radius 1 is 1.17 bits per heavy atom. The standard InChI is InChI=1S/C14H11ClO3/c1-18-13-11(3-2-4-12(13)14(16)17)9-5-7-10(15)8-6-9/h2-8H,1H3,(H,16,17). The molecular weight excluding hydrogens is 252 g/mol. The number of ether oxygens (including phenoxy) is 1. The van der Waals surface area contributed by atoms with E-state index in [1.165, 1.54) is 13.2 Å². The highest BCUT2D eigenvalue weighted by atomic mass is 35.5. The fourth-order valence-electron chi connectivity index (χ4n) is 1.78. The quantitative estimate of drug-likeness (QED) is 0.917. The van der Waals surface area contributed by atoms with Crippen molar-refractivity contribution in [2.24, 2.45) is 0 Å². The molecular formula is C14H11ClO3. The number of halogens is 1. The van der Waals surface area contributed by atoms with Crippen LogP contribution in [0.3, 0.4) is 0 Å². The third-order valence-corrected chi connectivity index (χ3v) is 2.86. The van der Waals surface area contributed by atoms with Gasteiger partial charge in [-0.2, -0.15) is 0 Å². The van der Waals surface area contributed by atoms with E-state index in [0.29, 0.717) is 10.8 Å². The molecule has 4 heteroatoms. The molecule has 0 fully saturated rings. The van der Waals surface area contributed by atoms with Crippen molar-refractivity contribution in [3.63, 3.8) is 0 Å². The largest absolute Gasteiger partial charge is 0.495 e. The number of rotatable bonds is 3. The first-order valence-electron chi connectivity index (χ1n) is 5.29. The first-order chi connectivity index (χ1) is 8.63. The molecule has 0 radical (unpaired) electrons. The number of carboxylic acids is 1. The van der Waals surface area contributed by atoms with Crippen molar-refractivity contribution < 1.29 is 14.6 Å². The van der Waals surface area contributed by atoms with Gasteiger partial charge in [-0.25, -0.2) is 4.79 Å². The van der Waals surface area contributed by atoms with Gasteiger partial charge in [-0.05, 0) is 23.8 Å². The van der Waals surface area contributed by atoms with E-state index in [9.17, 15) is 4.79 Å². The second-order valence-electron chi connectivity index (χ2n) is 3.70. The molecule has 0 aliphatic carbocycles. The molecule has 0 heterocycles. The minimum absolute atomic E-state index is 0.143. The summed E-state index contributed by atoms with van der Waals surface area (Å²) in [7, 11) is 1.46. The lowest BCUT2D eigenvalue weighted by atomic mass is 10.0. The summed E-state index contributed by atoms with van der Waals surface area (Å²) in [6.45, 7) is 0. The van der Waals surface area contributed by atoms with Gasteiger partial charge >= 0.3 is 5.97 Å². The summed E-state index contributed by atoms with van der Waals surface area (Å²) in [6, 6.07) is 12.2. The minimum Gasteiger partial charge on any atom is -0.495 e. The lowest BCUT2D eigenvalue weighted by Gasteiger charge is -2.11. The SMILES string of the molecule is COc1c(C(=O)O)cccc1-c1ccc(Cl)cc1. The number of hydrogen-bond acceptors (Lipinski definition) is 2. The topological polar surface area (TPSA) is 46.5 Å². The Bertz CT molecular complexity index is 576. The number of aromatic carboxylic acids is 1. The zero-order valence-electron chi connectivity index (χ0n) is 9.68. The molecule has 2 rings (SSSR count). The van der Waals surface area contributed by atoms with Crippen LogP contribution in [-0.2, 0) is 0 Å². The zero-order valence-corrected chi connectivity index (χ0v) is 10.4. The van der Waals surface area contributed by atoms with Gasteiger partial charge in [-0.3, -0.25) is 0 Å². The molecule has 2 aromatic carbocycles. The molecule has 0 aliphatic rings. The Hall–Kier alpha value is -2.00. The lowest BCUT2D eigenvalue weighted by Crippen LogP contribution is -2.01. The van der Waals surface area contributed by atoms with Crippen molar-refractivity contribution in [2.75, 3.05) is 7.11 Å². The fraction of sp³-hybridized carbons (Fsp3) is 0.0714. The van der Waals surface area contributed by atoms with Gasteiger partial charge in [0.15, 0.2) is 0 Å². The maximum atomic E-state index is 11.1. The smallest absolute Gasteiger partial charge is 0.339 e. The number of carboxylic acid groups (broad SMARTS) is 1. The van der Waals surface area contributed by atoms with Gasteiger partial charge in [0.2, 0.25) is 0 Å². The van der Waals surface area contributed by atoms with Gasteiger partial charge in [-0.1, -0.05) is 35.9 Å². The third-order valence-electron chi connectivity index (χ3n) is 2.60. The van der Waals surface area contributed by atoms with Gasteiger partial charge < -0.3 is 9.84 Å². The molecule has 0 unspecified atom stereocenters. The number of benzene rings is 2. The third kappa shape index (κ3) is 2.31. The molecule has 0 aromatic heterocycles. The molecule has 0 atom stereocenters. The van der Waals surface area contributed by atoms with Crippen LogP contribution < -0.4 is 4.74 Å². The summed E-state index contributed by atoms with van der Waals surface area (Å²) >= 11 is 5.83. The van der Waals surface area contributed by atoms with Crippen molar-refractivity contribution in [1.82, 2.24) is 0 Å². The van der Waals surface area contributed by atoms with E-state index in [2.05, 4.69) is 0 Å². The van der Waals surface area contributed by atoms with Crippen LogP contribution in [0, 0.1) is 0 Å². The first-order valence-corrected chi connectivity index (χ1v) is 5.67. The summed E-state index contributed by atoms with van der Waals surface area (Å²) in [6.07, 6.45) is 0. The van der Waals surface area contributed by atoms with Gasteiger partial charge in [0.1, 0.15) is 11.3 Å². The molecule has 0 bridgehead atoms. The maximum Gasteiger partial charge on any atom is 0.339 e. The van der Waals surface area contributed by atoms with E-state index >= 15 is 0 Å². The Labute approximate surface area is 110 Å². The zero-order chi connectivity index (χ0) is 13.1. The monoisotopic (exact) mass is 262 g/mol. The van der Waals surface area contributed by atoms with Crippen molar-refractivity contribution in [1.29, 1.82) is 0 Å². The van der Waals surface area contributed by atoms with E-state index in [4.69, 9.17) is 21.4 Å². The molecule has 92 valence electrons. The lowest BCUT2D eigenvalue weighted by molar-refractivity contribution is 0.0693. The fourth-order valence-corrected chi connectivity index (χ4v) is 1.91. The van der Waals surface area contributed by atoms with Crippen molar-refractivity contribution in [3.8, 4) is 16.9 Å². The molecule has 2 aromatic rings. The van der Waals surface area contributed by atoms with Crippen molar-refractivity contribution >= 4 is 17.6 Å². The Morgan fingerprint density at radius 2 is 1.83 bits per heavy atom. The maximum absolute atomic E-state index is 11.1. The average molecular weight is 263 g/mol. The van der Waals surface area contributed by atoms with Crippen LogP contribution in [0.2, 0.25) is 5.02 Å². The van der Waals surface area contributed by atoms with E-state index in [-0.39, 0.29) is 5.56 Å². The van der Waals surface area contributed by atoms with Gasteiger partial charge in [0, 0.05) is 10.6 Å². The van der Waals surface area contributed by atoms with Crippen LogP contribution >= 0.6 is 11.6 Å². The van der Waals surface area contributed by atoms with Crippen LogP contribution in [0.25, 0.3) is 11.1 Å². The van der Waals surface area contributed by atoms with Crippen LogP contribution in [0.5, 0.6) is 5.75 Å². The average Bonchev–Trinajstić information content (AvgIpc) is 2.38. The summed E-state index contributed by atoms with van der Waals surface area (Å²) in [4.78, 5) is 11.1. The minimum atomic E-state index is -1.01. The molecule has 0 saturated heterocycles. The molecule has 0 amide bonds. The highest BCUT2D eigenvalue weighted by Crippen LogP contribution is 2.33. The number of carbonyl (C=O) groups is 1. The molecule has 0 spiro atoms. The second kappa shape index (κ2) is 5.10. The number of para-hydroxylation sites is 1. The van der Waals surface area contributed by atoms with Crippen molar-refractivity contribution in [3.05, 3.63) is 53.1 Å². The molecule has 0 saturated carbocycles. The van der Waals surface area contributed by atoms with Crippen LogP contribution in [0.15, 0.2) is 42.5 Å². The van der Waals surface area contributed by atoms with Crippen molar-refractivity contribution in [2.45, 2.75) is 0 Å². The predicted molar refractivity (Wildman–Crippen MR) is 70.4 cm³/mol. The highest BCUT2D eigenvalue weighted by molar-refractivity contribution is 6.30. The second-order valence-corrected chi connectivity index (χ2v) is 4.13. The van der Waals surface area contributed by atoms with Gasteiger partial charge in [0.05, 0.1) is 7.11 Å². The summed E-state index contributed by atoms with van der Waals surface area (Å²) in [5, 5.41) is 9.74. The molecule has 3 nitrogen and oxygen atoms in total. The summed E-state index contributed by atoms with van der Waals surface area (Å²) in [5.74, 6) is -0.657. The van der Waals surface area contributed by atoms with Crippen LogP contribution in [0.1, 0.15) is 10.4 Å². The van der Waals surface area contributed by atoms with Gasteiger partial charge in [-0.15, -0.1) is 0 Å². The van der Waals surface area contributed by atoms with Crippen LogP contribution in [-0.4, -0.2) is 18.2 Å². The normalized spacial score (nSPS) is 10.1.